The van der Waals surface area contributed by atoms with Crippen molar-refractivity contribution in [3.8, 4) is 11.9 Å². The average molecular weight is 301 g/mol. The number of hydrogen-bond donors (Lipinski definition) is 0. The van der Waals surface area contributed by atoms with Gasteiger partial charge in [-0.25, -0.2) is 9.97 Å². The Kier molecular flexibility index (Phi) is 4.66. The maximum atomic E-state index is 12.6. The molecule has 0 spiro atoms. The zero-order valence-electron chi connectivity index (χ0n) is 12.0. The molecule has 2 heterocycles. The molecule has 2 aromatic rings. The Hall–Kier alpha value is -2.26. The minimum Gasteiger partial charge on any atom is -0.480 e. The number of hydrogen-bond acceptors (Lipinski definition) is 6. The van der Waals surface area contributed by atoms with E-state index < -0.39 is 5.92 Å². The summed E-state index contributed by atoms with van der Waals surface area (Å²) in [5, 5.41) is 11.8. The Balaban J connectivity index is 2.37. The van der Waals surface area contributed by atoms with Gasteiger partial charge in [-0.15, -0.1) is 11.3 Å². The molecule has 0 bridgehead atoms. The minimum atomic E-state index is -0.930. The fourth-order valence-corrected chi connectivity index (χ4v) is 2.84. The summed E-state index contributed by atoms with van der Waals surface area (Å²) < 4.78 is 5.08. The van der Waals surface area contributed by atoms with E-state index in [1.165, 1.54) is 24.6 Å². The molecule has 0 radical (unpaired) electrons. The van der Waals surface area contributed by atoms with Gasteiger partial charge in [-0.2, -0.15) is 5.26 Å². The number of rotatable bonds is 5. The van der Waals surface area contributed by atoms with Crippen molar-refractivity contribution in [1.29, 1.82) is 5.26 Å². The van der Waals surface area contributed by atoms with E-state index in [-0.39, 0.29) is 17.6 Å². The molecule has 0 fully saturated rings. The monoisotopic (exact) mass is 301 g/mol. The van der Waals surface area contributed by atoms with E-state index in [0.29, 0.717) is 10.6 Å². The fourth-order valence-electron chi connectivity index (χ4n) is 1.82. The maximum absolute atomic E-state index is 12.6. The lowest BCUT2D eigenvalue weighted by Crippen LogP contribution is -2.13. The molecule has 0 saturated carbocycles. The smallest absolute Gasteiger partial charge is 0.224 e. The van der Waals surface area contributed by atoms with E-state index in [2.05, 4.69) is 9.97 Å². The normalized spacial score (nSPS) is 12.0. The summed E-state index contributed by atoms with van der Waals surface area (Å²) in [6.07, 6.45) is 1.54. The van der Waals surface area contributed by atoms with Crippen molar-refractivity contribution >= 4 is 17.1 Å². The van der Waals surface area contributed by atoms with E-state index in [1.54, 1.807) is 12.1 Å². The van der Waals surface area contributed by atoms with Gasteiger partial charge in [0.05, 0.1) is 24.4 Å². The molecule has 0 aliphatic heterocycles. The van der Waals surface area contributed by atoms with Gasteiger partial charge in [0.1, 0.15) is 5.01 Å². The predicted molar refractivity (Wildman–Crippen MR) is 79.7 cm³/mol. The van der Waals surface area contributed by atoms with Gasteiger partial charge < -0.3 is 4.74 Å². The van der Waals surface area contributed by atoms with E-state index in [9.17, 15) is 10.1 Å². The molecule has 0 amide bonds. The Labute approximate surface area is 127 Å². The molecular formula is C15H15N3O2S. The highest BCUT2D eigenvalue weighted by atomic mass is 32.1. The molecular weight excluding hydrogens is 286 g/mol. The number of ether oxygens (including phenoxy) is 1. The number of thiazole rings is 1. The first-order chi connectivity index (χ1) is 10.1. The molecule has 21 heavy (non-hydrogen) atoms. The van der Waals surface area contributed by atoms with Crippen LogP contribution >= 0.6 is 11.3 Å². The number of nitriles is 1. The second-order valence-corrected chi connectivity index (χ2v) is 5.64. The summed E-state index contributed by atoms with van der Waals surface area (Å²) in [6.45, 7) is 4.04. The van der Waals surface area contributed by atoms with E-state index >= 15 is 0 Å². The maximum Gasteiger partial charge on any atom is 0.224 e. The molecule has 0 N–H and O–H groups in total. The molecule has 0 aliphatic carbocycles. The zero-order chi connectivity index (χ0) is 15.4. The van der Waals surface area contributed by atoms with Crippen LogP contribution in [0.4, 0.5) is 0 Å². The van der Waals surface area contributed by atoms with Gasteiger partial charge in [0.25, 0.3) is 0 Å². The number of Topliss-reactive ketones (excluding diaryl/α,β-unsaturated/α-hetero) is 1. The van der Waals surface area contributed by atoms with Gasteiger partial charge in [0.2, 0.25) is 5.88 Å². The summed E-state index contributed by atoms with van der Waals surface area (Å²) in [7, 11) is 1.45. The Morgan fingerprint density at radius 3 is 2.81 bits per heavy atom. The summed E-state index contributed by atoms with van der Waals surface area (Å²) in [4.78, 5) is 20.9. The minimum absolute atomic E-state index is 0.225. The van der Waals surface area contributed by atoms with E-state index in [0.717, 1.165) is 5.69 Å². The molecule has 2 rings (SSSR count). The predicted octanol–water partition coefficient (Wildman–Crippen LogP) is 3.16. The van der Waals surface area contributed by atoms with Crippen molar-refractivity contribution in [2.24, 2.45) is 0 Å². The van der Waals surface area contributed by atoms with Crippen LogP contribution in [0.1, 0.15) is 46.7 Å². The highest BCUT2D eigenvalue weighted by molar-refractivity contribution is 7.10. The van der Waals surface area contributed by atoms with Crippen LogP contribution in [-0.2, 0) is 0 Å². The molecule has 5 nitrogen and oxygen atoms in total. The molecule has 0 unspecified atom stereocenters. The number of aromatic nitrogens is 2. The Morgan fingerprint density at radius 1 is 1.48 bits per heavy atom. The molecule has 108 valence electrons. The Bertz CT molecular complexity index is 688. The third-order valence-corrected chi connectivity index (χ3v) is 3.93. The largest absolute Gasteiger partial charge is 0.480 e. The third kappa shape index (κ3) is 3.09. The quantitative estimate of drug-likeness (QED) is 0.793. The lowest BCUT2D eigenvalue weighted by molar-refractivity contribution is 0.0975. The first kappa shape index (κ1) is 15.1. The number of carbonyl (C=O) groups is 1. The fraction of sp³-hybridized carbons (Fsp3) is 0.333. The molecule has 0 saturated heterocycles. The van der Waals surface area contributed by atoms with Crippen LogP contribution in [-0.4, -0.2) is 22.9 Å². The highest BCUT2D eigenvalue weighted by Gasteiger charge is 2.27. The van der Waals surface area contributed by atoms with Crippen LogP contribution in [0.2, 0.25) is 0 Å². The van der Waals surface area contributed by atoms with Crippen molar-refractivity contribution in [3.63, 3.8) is 0 Å². The van der Waals surface area contributed by atoms with Crippen LogP contribution in [0.5, 0.6) is 5.88 Å². The van der Waals surface area contributed by atoms with Crippen LogP contribution in [0.3, 0.4) is 0 Å². The van der Waals surface area contributed by atoms with Crippen LogP contribution < -0.4 is 4.74 Å². The summed E-state index contributed by atoms with van der Waals surface area (Å²) in [6, 6.07) is 5.29. The van der Waals surface area contributed by atoms with Gasteiger partial charge in [0, 0.05) is 11.6 Å². The molecule has 0 aliphatic rings. The van der Waals surface area contributed by atoms with E-state index in [4.69, 9.17) is 4.74 Å². The number of nitrogens with zero attached hydrogens (tertiary/aromatic N) is 3. The number of pyridine rings is 1. The van der Waals surface area contributed by atoms with Crippen LogP contribution in [0, 0.1) is 11.3 Å². The number of ketones is 1. The van der Waals surface area contributed by atoms with Crippen molar-refractivity contribution in [3.05, 3.63) is 40.0 Å². The van der Waals surface area contributed by atoms with Crippen LogP contribution in [0.25, 0.3) is 0 Å². The molecule has 1 atom stereocenters. The second kappa shape index (κ2) is 6.46. The Morgan fingerprint density at radius 2 is 2.24 bits per heavy atom. The first-order valence-corrected chi connectivity index (χ1v) is 7.34. The molecule has 6 heteroatoms. The average Bonchev–Trinajstić information content (AvgIpc) is 2.97. The SMILES string of the molecule is COc1ncccc1C(=O)[C@H](C#N)c1nc(C(C)C)cs1. The lowest BCUT2D eigenvalue weighted by Gasteiger charge is -2.08. The van der Waals surface area contributed by atoms with Crippen molar-refractivity contribution < 1.29 is 9.53 Å². The lowest BCUT2D eigenvalue weighted by atomic mass is 10.0. The highest BCUT2D eigenvalue weighted by Crippen LogP contribution is 2.28. The zero-order valence-corrected chi connectivity index (χ0v) is 12.8. The molecule has 2 aromatic heterocycles. The van der Waals surface area contributed by atoms with Gasteiger partial charge in [-0.3, -0.25) is 4.79 Å². The summed E-state index contributed by atoms with van der Waals surface area (Å²) >= 11 is 1.33. The number of methoxy groups -OCH3 is 1. The summed E-state index contributed by atoms with van der Waals surface area (Å²) in [5.41, 5.74) is 1.19. The van der Waals surface area contributed by atoms with Gasteiger partial charge in [0.15, 0.2) is 11.7 Å². The van der Waals surface area contributed by atoms with E-state index in [1.807, 2.05) is 25.3 Å². The second-order valence-electron chi connectivity index (χ2n) is 4.75. The summed E-state index contributed by atoms with van der Waals surface area (Å²) in [5.74, 6) is -0.784. The van der Waals surface area contributed by atoms with Gasteiger partial charge in [-0.1, -0.05) is 13.8 Å². The molecule has 0 aromatic carbocycles. The van der Waals surface area contributed by atoms with Crippen molar-refractivity contribution in [2.45, 2.75) is 25.7 Å². The standard InChI is InChI=1S/C15H15N3O2S/c1-9(2)12-8-21-15(18-12)11(7-16)13(19)10-5-4-6-17-14(10)20-3/h4-6,8-9,11H,1-3H3/t11-/m0/s1. The van der Waals surface area contributed by atoms with Gasteiger partial charge >= 0.3 is 0 Å². The van der Waals surface area contributed by atoms with Crippen molar-refractivity contribution in [1.82, 2.24) is 9.97 Å². The van der Waals surface area contributed by atoms with Gasteiger partial charge in [-0.05, 0) is 18.1 Å². The van der Waals surface area contributed by atoms with Crippen LogP contribution in [0.15, 0.2) is 23.7 Å². The topological polar surface area (TPSA) is 75.9 Å². The van der Waals surface area contributed by atoms with Crippen molar-refractivity contribution in [2.75, 3.05) is 7.11 Å². The number of carbonyl (C=O) groups excluding carboxylic acids is 1. The third-order valence-electron chi connectivity index (χ3n) is 3.00. The first-order valence-electron chi connectivity index (χ1n) is 6.46.